The molecule has 0 aliphatic carbocycles. The second-order valence-corrected chi connectivity index (χ2v) is 7.85. The lowest BCUT2D eigenvalue weighted by molar-refractivity contribution is -0.115. The monoisotopic (exact) mass is 415 g/mol. The highest BCUT2D eigenvalue weighted by Gasteiger charge is 2.20. The van der Waals surface area contributed by atoms with Crippen LogP contribution in [0.1, 0.15) is 23.9 Å². The third kappa shape index (κ3) is 5.05. The van der Waals surface area contributed by atoms with Gasteiger partial charge in [0.05, 0.1) is 5.25 Å². The van der Waals surface area contributed by atoms with Crippen molar-refractivity contribution in [2.45, 2.75) is 37.8 Å². The number of amides is 1. The van der Waals surface area contributed by atoms with E-state index in [1.165, 1.54) is 22.9 Å². The summed E-state index contributed by atoms with van der Waals surface area (Å²) in [4.78, 5) is 12.4. The average Bonchev–Trinajstić information content (AvgIpc) is 3.01. The molecule has 0 radical (unpaired) electrons. The Labute approximate surface area is 172 Å². The molecule has 0 saturated heterocycles. The Balaban J connectivity index is 1.62. The Morgan fingerprint density at radius 2 is 1.93 bits per heavy atom. The number of halogens is 1. The first kappa shape index (κ1) is 20.7. The first-order valence-corrected chi connectivity index (χ1v) is 9.84. The van der Waals surface area contributed by atoms with Gasteiger partial charge < -0.3 is 15.9 Å². The van der Waals surface area contributed by atoms with Crippen molar-refractivity contribution in [1.29, 1.82) is 0 Å². The summed E-state index contributed by atoms with van der Waals surface area (Å²) in [5, 5.41) is 10.6. The Bertz CT molecular complexity index is 1000. The van der Waals surface area contributed by atoms with E-state index in [0.29, 0.717) is 16.7 Å². The number of aromatic nitrogens is 3. The molecule has 1 heterocycles. The lowest BCUT2D eigenvalue weighted by Gasteiger charge is -2.13. The molecule has 0 fully saturated rings. The number of nitrogens with two attached hydrogens (primary N) is 1. The number of nitrogen functional groups attached to an aromatic ring is 1. The molecule has 2 aromatic carbocycles. The summed E-state index contributed by atoms with van der Waals surface area (Å²) in [6.07, 6.45) is 0. The van der Waals surface area contributed by atoms with Gasteiger partial charge in [-0.25, -0.2) is 9.07 Å². The van der Waals surface area contributed by atoms with E-state index in [1.54, 1.807) is 13.0 Å². The predicted molar refractivity (Wildman–Crippen MR) is 111 cm³/mol. The van der Waals surface area contributed by atoms with E-state index < -0.39 is 11.1 Å². The van der Waals surface area contributed by atoms with Gasteiger partial charge >= 0.3 is 0 Å². The molecule has 0 aliphatic rings. The molecule has 0 bridgehead atoms. The van der Waals surface area contributed by atoms with Gasteiger partial charge in [-0.3, -0.25) is 4.79 Å². The maximum absolute atomic E-state index is 13.3. The molecule has 152 valence electrons. The van der Waals surface area contributed by atoms with Crippen LogP contribution in [0, 0.1) is 19.7 Å². The summed E-state index contributed by atoms with van der Waals surface area (Å²) in [7, 11) is 0. The highest BCUT2D eigenvalue weighted by atomic mass is 32.2. The summed E-state index contributed by atoms with van der Waals surface area (Å²) in [6, 6.07) is 11.6. The van der Waals surface area contributed by atoms with Crippen molar-refractivity contribution in [3.05, 3.63) is 65.2 Å². The van der Waals surface area contributed by atoms with Gasteiger partial charge in [-0.1, -0.05) is 36.0 Å². The van der Waals surface area contributed by atoms with Crippen LogP contribution >= 0.6 is 11.8 Å². The molecule has 7 nitrogen and oxygen atoms in total. The third-order valence-electron chi connectivity index (χ3n) is 4.23. The van der Waals surface area contributed by atoms with E-state index in [0.717, 1.165) is 28.6 Å². The number of aryl methyl sites for hydroxylation is 2. The Morgan fingerprint density at radius 1 is 1.24 bits per heavy atom. The Morgan fingerprint density at radius 3 is 2.62 bits per heavy atom. The number of anilines is 1. The molecule has 1 aromatic heterocycles. The van der Waals surface area contributed by atoms with Crippen molar-refractivity contribution in [3.8, 4) is 5.75 Å². The Hall–Kier alpha value is -3.07. The SMILES string of the molecule is Cc1cccc(C)c1OCc1nnc(S[C@@H](C)C(=O)Nc2cccc(F)c2)n1N. The van der Waals surface area contributed by atoms with Gasteiger partial charge in [0.2, 0.25) is 11.1 Å². The number of hydrogen-bond donors (Lipinski definition) is 2. The molecule has 9 heteroatoms. The van der Waals surface area contributed by atoms with Crippen molar-refractivity contribution in [2.75, 3.05) is 11.2 Å². The number of benzene rings is 2. The molecule has 29 heavy (non-hydrogen) atoms. The van der Waals surface area contributed by atoms with Crippen molar-refractivity contribution >= 4 is 23.4 Å². The number of nitrogens with one attached hydrogen (secondary N) is 1. The second-order valence-electron chi connectivity index (χ2n) is 6.54. The highest BCUT2D eigenvalue weighted by molar-refractivity contribution is 8.00. The number of carbonyl (C=O) groups excluding carboxylic acids is 1. The van der Waals surface area contributed by atoms with Crippen molar-refractivity contribution < 1.29 is 13.9 Å². The van der Waals surface area contributed by atoms with Gasteiger partial charge in [0, 0.05) is 5.69 Å². The minimum absolute atomic E-state index is 0.152. The second kappa shape index (κ2) is 8.95. The van der Waals surface area contributed by atoms with Gasteiger partial charge in [-0.15, -0.1) is 10.2 Å². The lowest BCUT2D eigenvalue weighted by atomic mass is 10.1. The van der Waals surface area contributed by atoms with Crippen molar-refractivity contribution in [3.63, 3.8) is 0 Å². The van der Waals surface area contributed by atoms with Crippen LogP contribution in [0.25, 0.3) is 0 Å². The van der Waals surface area contributed by atoms with E-state index in [2.05, 4.69) is 15.5 Å². The highest BCUT2D eigenvalue weighted by Crippen LogP contribution is 2.25. The molecule has 0 aliphatic heterocycles. The van der Waals surface area contributed by atoms with Crippen LogP contribution < -0.4 is 15.9 Å². The van der Waals surface area contributed by atoms with E-state index in [4.69, 9.17) is 10.6 Å². The predicted octanol–water partition coefficient (Wildman–Crippen LogP) is 3.45. The minimum atomic E-state index is -0.517. The number of thioether (sulfide) groups is 1. The largest absolute Gasteiger partial charge is 0.485 e. The molecule has 1 amide bonds. The van der Waals surface area contributed by atoms with Crippen LogP contribution in [0.5, 0.6) is 5.75 Å². The van der Waals surface area contributed by atoms with Crippen LogP contribution in [0.15, 0.2) is 47.6 Å². The summed E-state index contributed by atoms with van der Waals surface area (Å²) in [5.41, 5.74) is 2.43. The van der Waals surface area contributed by atoms with Crippen LogP contribution in [0.4, 0.5) is 10.1 Å². The number of para-hydroxylation sites is 1. The average molecular weight is 415 g/mol. The maximum Gasteiger partial charge on any atom is 0.237 e. The smallest absolute Gasteiger partial charge is 0.237 e. The van der Waals surface area contributed by atoms with Gasteiger partial charge in [-0.05, 0) is 50.1 Å². The molecule has 3 aromatic rings. The first-order chi connectivity index (χ1) is 13.8. The zero-order chi connectivity index (χ0) is 21.0. The van der Waals surface area contributed by atoms with E-state index >= 15 is 0 Å². The summed E-state index contributed by atoms with van der Waals surface area (Å²) < 4.78 is 20.4. The normalized spacial score (nSPS) is 11.9. The summed E-state index contributed by atoms with van der Waals surface area (Å²) in [5.74, 6) is 6.58. The number of ether oxygens (including phenoxy) is 1. The standard InChI is InChI=1S/C20H22FN5O2S/c1-12-6-4-7-13(2)18(12)28-11-17-24-25-20(26(17)22)29-14(3)19(27)23-16-9-5-8-15(21)10-16/h4-10,14H,11,22H2,1-3H3,(H,23,27)/t14-/m0/s1. The van der Waals surface area contributed by atoms with Gasteiger partial charge in [0.15, 0.2) is 5.82 Å². The van der Waals surface area contributed by atoms with Gasteiger partial charge in [0.25, 0.3) is 0 Å². The lowest BCUT2D eigenvalue weighted by Crippen LogP contribution is -2.24. The maximum atomic E-state index is 13.3. The fourth-order valence-corrected chi connectivity index (χ4v) is 3.46. The zero-order valence-corrected chi connectivity index (χ0v) is 17.2. The molecular formula is C20H22FN5O2S. The number of hydrogen-bond acceptors (Lipinski definition) is 6. The van der Waals surface area contributed by atoms with Crippen LogP contribution in [-0.4, -0.2) is 26.0 Å². The number of carbonyl (C=O) groups is 1. The number of rotatable bonds is 7. The molecule has 0 spiro atoms. The summed E-state index contributed by atoms with van der Waals surface area (Å²) >= 11 is 1.15. The van der Waals surface area contributed by atoms with Crippen LogP contribution in [0.3, 0.4) is 0 Å². The van der Waals surface area contributed by atoms with Crippen LogP contribution in [0.2, 0.25) is 0 Å². The fraction of sp³-hybridized carbons (Fsp3) is 0.250. The van der Waals surface area contributed by atoms with Crippen molar-refractivity contribution in [1.82, 2.24) is 14.9 Å². The fourth-order valence-electron chi connectivity index (χ4n) is 2.67. The quantitative estimate of drug-likeness (QED) is 0.453. The van der Waals surface area contributed by atoms with Gasteiger partial charge in [-0.2, -0.15) is 0 Å². The molecular weight excluding hydrogens is 393 g/mol. The minimum Gasteiger partial charge on any atom is -0.485 e. The topological polar surface area (TPSA) is 95.1 Å². The number of nitrogens with zero attached hydrogens (tertiary/aromatic N) is 3. The van der Waals surface area contributed by atoms with E-state index in [9.17, 15) is 9.18 Å². The zero-order valence-electron chi connectivity index (χ0n) is 16.3. The van der Waals surface area contributed by atoms with Crippen LogP contribution in [-0.2, 0) is 11.4 Å². The third-order valence-corrected chi connectivity index (χ3v) is 5.29. The molecule has 3 N–H and O–H groups in total. The van der Waals surface area contributed by atoms with E-state index in [1.807, 2.05) is 32.0 Å². The van der Waals surface area contributed by atoms with E-state index in [-0.39, 0.29) is 12.5 Å². The molecule has 0 unspecified atom stereocenters. The summed E-state index contributed by atoms with van der Waals surface area (Å²) in [6.45, 7) is 5.80. The molecule has 3 rings (SSSR count). The molecule has 1 atom stereocenters. The van der Waals surface area contributed by atoms with Gasteiger partial charge in [0.1, 0.15) is 18.2 Å². The first-order valence-electron chi connectivity index (χ1n) is 8.96. The van der Waals surface area contributed by atoms with Crippen molar-refractivity contribution in [2.24, 2.45) is 0 Å². The Kier molecular flexibility index (Phi) is 6.38. The molecule has 0 saturated carbocycles.